The third-order valence-electron chi connectivity index (χ3n) is 3.53. The van der Waals surface area contributed by atoms with E-state index in [2.05, 4.69) is 15.3 Å². The first-order valence-corrected chi connectivity index (χ1v) is 6.34. The van der Waals surface area contributed by atoms with E-state index in [0.29, 0.717) is 13.0 Å². The highest BCUT2D eigenvalue weighted by Crippen LogP contribution is 2.31. The smallest absolute Gasteiger partial charge is 0.310 e. The number of amides is 1. The minimum absolute atomic E-state index is 0.0157. The molecule has 0 saturated heterocycles. The summed E-state index contributed by atoms with van der Waals surface area (Å²) in [7, 11) is 0. The second-order valence-corrected chi connectivity index (χ2v) is 5.19. The van der Waals surface area contributed by atoms with E-state index in [4.69, 9.17) is 0 Å². The Balaban J connectivity index is 2.43. The molecule has 3 N–H and O–H groups in total. The highest BCUT2D eigenvalue weighted by Gasteiger charge is 2.38. The van der Waals surface area contributed by atoms with Gasteiger partial charge in [0.1, 0.15) is 5.82 Å². The van der Waals surface area contributed by atoms with Gasteiger partial charge in [-0.1, -0.05) is 13.8 Å². The maximum absolute atomic E-state index is 11.8. The molecule has 0 aliphatic carbocycles. The summed E-state index contributed by atoms with van der Waals surface area (Å²) < 4.78 is 0. The van der Waals surface area contributed by atoms with Crippen molar-refractivity contribution in [3.05, 3.63) is 18.2 Å². The molecule has 1 rings (SSSR count). The van der Waals surface area contributed by atoms with Crippen molar-refractivity contribution in [2.75, 3.05) is 6.54 Å². The van der Waals surface area contributed by atoms with Crippen molar-refractivity contribution in [1.82, 2.24) is 15.3 Å². The number of rotatable bonds is 7. The van der Waals surface area contributed by atoms with Gasteiger partial charge in [-0.15, -0.1) is 0 Å². The first-order valence-electron chi connectivity index (χ1n) is 6.34. The molecular weight excluding hydrogens is 246 g/mol. The summed E-state index contributed by atoms with van der Waals surface area (Å²) in [4.78, 5) is 30.0. The normalized spacial score (nSPS) is 14.1. The van der Waals surface area contributed by atoms with Crippen LogP contribution in [0.2, 0.25) is 0 Å². The van der Waals surface area contributed by atoms with Crippen LogP contribution < -0.4 is 5.32 Å². The second-order valence-electron chi connectivity index (χ2n) is 5.19. The molecular formula is C13H21N3O3. The Morgan fingerprint density at radius 2 is 2.21 bits per heavy atom. The number of H-pyrrole nitrogens is 1. The van der Waals surface area contributed by atoms with Gasteiger partial charge in [-0.2, -0.15) is 0 Å². The van der Waals surface area contributed by atoms with Gasteiger partial charge in [-0.25, -0.2) is 4.98 Å². The molecule has 0 spiro atoms. The number of nitrogens with one attached hydrogen (secondary N) is 2. The van der Waals surface area contributed by atoms with Gasteiger partial charge in [-0.05, 0) is 12.8 Å². The lowest BCUT2D eigenvalue weighted by Crippen LogP contribution is -2.39. The monoisotopic (exact) mass is 267 g/mol. The van der Waals surface area contributed by atoms with Crippen molar-refractivity contribution in [3.8, 4) is 0 Å². The molecule has 19 heavy (non-hydrogen) atoms. The highest BCUT2D eigenvalue weighted by atomic mass is 16.4. The summed E-state index contributed by atoms with van der Waals surface area (Å²) in [6, 6.07) is 0. The Hall–Kier alpha value is -1.85. The zero-order valence-electron chi connectivity index (χ0n) is 11.6. The lowest BCUT2D eigenvalue weighted by atomic mass is 9.76. The van der Waals surface area contributed by atoms with Crippen LogP contribution >= 0.6 is 0 Å². The van der Waals surface area contributed by atoms with E-state index in [0.717, 1.165) is 5.82 Å². The van der Waals surface area contributed by atoms with Gasteiger partial charge >= 0.3 is 5.97 Å². The van der Waals surface area contributed by atoms with Crippen LogP contribution in [-0.4, -0.2) is 33.5 Å². The SMILES string of the molecule is CC(C)C(C)(CC(=O)NCCc1ncc[nH]1)C(=O)O. The maximum Gasteiger partial charge on any atom is 0.310 e. The molecule has 1 atom stereocenters. The molecule has 6 heteroatoms. The number of aromatic nitrogens is 2. The summed E-state index contributed by atoms with van der Waals surface area (Å²) >= 11 is 0. The largest absolute Gasteiger partial charge is 0.481 e. The Labute approximate surface area is 112 Å². The standard InChI is InChI=1S/C13H21N3O3/c1-9(2)13(3,12(18)19)8-11(17)16-5-4-10-14-6-7-15-10/h6-7,9H,4-5,8H2,1-3H3,(H,14,15)(H,16,17)(H,18,19). The van der Waals surface area contributed by atoms with Crippen LogP contribution in [0.4, 0.5) is 0 Å². The fourth-order valence-corrected chi connectivity index (χ4v) is 1.68. The number of hydrogen-bond acceptors (Lipinski definition) is 3. The van der Waals surface area contributed by atoms with Crippen molar-refractivity contribution < 1.29 is 14.7 Å². The molecule has 106 valence electrons. The average molecular weight is 267 g/mol. The number of imidazole rings is 1. The summed E-state index contributed by atoms with van der Waals surface area (Å²) in [6.07, 6.45) is 3.96. The Morgan fingerprint density at radius 3 is 2.68 bits per heavy atom. The molecule has 6 nitrogen and oxygen atoms in total. The molecule has 1 unspecified atom stereocenters. The minimum atomic E-state index is -1.03. The molecule has 0 aromatic carbocycles. The van der Waals surface area contributed by atoms with Crippen molar-refractivity contribution in [3.63, 3.8) is 0 Å². The van der Waals surface area contributed by atoms with Gasteiger partial charge in [0.2, 0.25) is 5.91 Å². The Bertz CT molecular complexity index is 428. The number of carbonyl (C=O) groups excluding carboxylic acids is 1. The van der Waals surface area contributed by atoms with Crippen molar-refractivity contribution in [2.24, 2.45) is 11.3 Å². The van der Waals surface area contributed by atoms with E-state index in [9.17, 15) is 14.7 Å². The number of carboxylic acid groups (broad SMARTS) is 1. The van der Waals surface area contributed by atoms with Gasteiger partial charge in [-0.3, -0.25) is 9.59 Å². The van der Waals surface area contributed by atoms with Gasteiger partial charge < -0.3 is 15.4 Å². The molecule has 0 fully saturated rings. The van der Waals surface area contributed by atoms with Crippen molar-refractivity contribution >= 4 is 11.9 Å². The number of carbonyl (C=O) groups is 2. The molecule has 0 aliphatic rings. The lowest BCUT2D eigenvalue weighted by Gasteiger charge is -2.28. The van der Waals surface area contributed by atoms with E-state index < -0.39 is 11.4 Å². The summed E-state index contributed by atoms with van der Waals surface area (Å²) in [5.74, 6) is -0.500. The summed E-state index contributed by atoms with van der Waals surface area (Å²) in [5, 5.41) is 12.0. The van der Waals surface area contributed by atoms with Gasteiger partial charge in [0.25, 0.3) is 0 Å². The third-order valence-corrected chi connectivity index (χ3v) is 3.53. The van der Waals surface area contributed by atoms with Crippen LogP contribution in [0.5, 0.6) is 0 Å². The van der Waals surface area contributed by atoms with Crippen LogP contribution in [0.1, 0.15) is 33.0 Å². The number of aromatic amines is 1. The highest BCUT2D eigenvalue weighted by molar-refractivity contribution is 5.84. The Kier molecular flexibility index (Phi) is 5.09. The van der Waals surface area contributed by atoms with Crippen LogP contribution in [-0.2, 0) is 16.0 Å². The molecule has 0 bridgehead atoms. The van der Waals surface area contributed by atoms with Gasteiger partial charge in [0, 0.05) is 31.8 Å². The van der Waals surface area contributed by atoms with E-state index >= 15 is 0 Å². The van der Waals surface area contributed by atoms with E-state index in [1.165, 1.54) is 0 Å². The average Bonchev–Trinajstić information content (AvgIpc) is 2.81. The summed E-state index contributed by atoms with van der Waals surface area (Å²) in [6.45, 7) is 5.67. The van der Waals surface area contributed by atoms with Crippen molar-refractivity contribution in [1.29, 1.82) is 0 Å². The van der Waals surface area contributed by atoms with E-state index in [1.54, 1.807) is 19.3 Å². The molecule has 1 amide bonds. The maximum atomic E-state index is 11.8. The molecule has 0 radical (unpaired) electrons. The van der Waals surface area contributed by atoms with Crippen LogP contribution in [0.15, 0.2) is 12.4 Å². The van der Waals surface area contributed by atoms with Gasteiger partial charge in [0.05, 0.1) is 5.41 Å². The zero-order valence-corrected chi connectivity index (χ0v) is 11.6. The number of carboxylic acids is 1. The molecule has 0 saturated carbocycles. The predicted octanol–water partition coefficient (Wildman–Crippen LogP) is 1.21. The lowest BCUT2D eigenvalue weighted by molar-refractivity contribution is -0.153. The van der Waals surface area contributed by atoms with Crippen molar-refractivity contribution in [2.45, 2.75) is 33.6 Å². The number of hydrogen-bond donors (Lipinski definition) is 3. The zero-order chi connectivity index (χ0) is 14.5. The van der Waals surface area contributed by atoms with E-state index in [-0.39, 0.29) is 18.2 Å². The Morgan fingerprint density at radius 1 is 1.53 bits per heavy atom. The predicted molar refractivity (Wildman–Crippen MR) is 70.5 cm³/mol. The molecule has 0 aliphatic heterocycles. The quantitative estimate of drug-likeness (QED) is 0.692. The minimum Gasteiger partial charge on any atom is -0.481 e. The van der Waals surface area contributed by atoms with Crippen LogP contribution in [0.25, 0.3) is 0 Å². The first-order chi connectivity index (χ1) is 8.86. The van der Waals surface area contributed by atoms with Gasteiger partial charge in [0.15, 0.2) is 0 Å². The first kappa shape index (κ1) is 15.2. The topological polar surface area (TPSA) is 95.1 Å². The number of nitrogens with zero attached hydrogens (tertiary/aromatic N) is 1. The second kappa shape index (κ2) is 6.36. The van der Waals surface area contributed by atoms with E-state index in [1.807, 2.05) is 13.8 Å². The molecule has 1 aromatic rings. The van der Waals surface area contributed by atoms with Crippen LogP contribution in [0.3, 0.4) is 0 Å². The fourth-order valence-electron chi connectivity index (χ4n) is 1.68. The summed E-state index contributed by atoms with van der Waals surface area (Å²) in [5.41, 5.74) is -1.03. The van der Waals surface area contributed by atoms with Crippen LogP contribution in [0, 0.1) is 11.3 Å². The fraction of sp³-hybridized carbons (Fsp3) is 0.615. The molecule has 1 heterocycles. The molecule has 1 aromatic heterocycles. The number of aliphatic carboxylic acids is 1. The third kappa shape index (κ3) is 4.08.